The average Bonchev–Trinajstić information content (AvgIpc) is 3.03. The third kappa shape index (κ3) is 3.07. The SMILES string of the molecule is [2H]C1(c2ccc(OC)cc2)NN(S(=O)(=O)c2ccc(C)cc2)c2ccccc21. The Kier molecular flexibility index (Phi) is 4.07. The number of hydrogen-bond donors (Lipinski definition) is 1. The molecule has 3 aromatic rings. The van der Waals surface area contributed by atoms with Gasteiger partial charge in [0.05, 0.1) is 25.1 Å². The number of methoxy groups -OCH3 is 1. The van der Waals surface area contributed by atoms with E-state index in [0.29, 0.717) is 22.6 Å². The molecular weight excluding hydrogens is 360 g/mol. The van der Waals surface area contributed by atoms with Crippen LogP contribution in [0.15, 0.2) is 77.7 Å². The Hall–Kier alpha value is -2.83. The number of para-hydroxylation sites is 1. The van der Waals surface area contributed by atoms with Gasteiger partial charge in [0.15, 0.2) is 0 Å². The summed E-state index contributed by atoms with van der Waals surface area (Å²) in [4.78, 5) is 0.166. The molecule has 0 saturated carbocycles. The molecule has 0 fully saturated rings. The molecule has 1 aliphatic rings. The van der Waals surface area contributed by atoms with E-state index in [-0.39, 0.29) is 4.90 Å². The molecule has 0 saturated heterocycles. The summed E-state index contributed by atoms with van der Waals surface area (Å²) in [5.74, 6) is 0.669. The highest BCUT2D eigenvalue weighted by atomic mass is 32.2. The van der Waals surface area contributed by atoms with Gasteiger partial charge in [0, 0.05) is 5.56 Å². The Bertz CT molecular complexity index is 1120. The first-order valence-corrected chi connectivity index (χ1v) is 9.94. The van der Waals surface area contributed by atoms with Gasteiger partial charge >= 0.3 is 0 Å². The maximum absolute atomic E-state index is 13.3. The number of benzene rings is 3. The number of anilines is 1. The van der Waals surface area contributed by atoms with Crippen LogP contribution < -0.4 is 14.6 Å². The zero-order chi connectivity index (χ0) is 19.9. The molecule has 27 heavy (non-hydrogen) atoms. The van der Waals surface area contributed by atoms with Crippen LogP contribution in [0.3, 0.4) is 0 Å². The predicted molar refractivity (Wildman–Crippen MR) is 105 cm³/mol. The third-order valence-corrected chi connectivity index (χ3v) is 6.18. The van der Waals surface area contributed by atoms with Crippen LogP contribution >= 0.6 is 0 Å². The number of fused-ring (bicyclic) bond motifs is 1. The van der Waals surface area contributed by atoms with Gasteiger partial charge in [0.25, 0.3) is 10.0 Å². The molecule has 1 aliphatic heterocycles. The smallest absolute Gasteiger partial charge is 0.277 e. The van der Waals surface area contributed by atoms with E-state index in [1.807, 2.05) is 6.92 Å². The standard InChI is InChI=1S/C21H20N2O3S/c1-15-7-13-18(14-8-15)27(24,25)23-20-6-4-3-5-19(20)21(22-23)16-9-11-17(26-2)12-10-16/h3-14,21-22H,1-2H3/i21D. The number of sulfonamides is 1. The first-order chi connectivity index (χ1) is 13.4. The molecule has 0 aliphatic carbocycles. The molecule has 0 amide bonds. The van der Waals surface area contributed by atoms with Crippen molar-refractivity contribution < 1.29 is 14.5 Å². The Labute approximate surface area is 160 Å². The zero-order valence-corrected chi connectivity index (χ0v) is 15.8. The van der Waals surface area contributed by atoms with Gasteiger partial charge in [-0.15, -0.1) is 0 Å². The lowest BCUT2D eigenvalue weighted by molar-refractivity contribution is 0.414. The van der Waals surface area contributed by atoms with E-state index < -0.39 is 16.0 Å². The summed E-state index contributed by atoms with van der Waals surface area (Å²) in [6.07, 6.45) is 0. The lowest BCUT2D eigenvalue weighted by atomic mass is 9.99. The molecule has 3 aromatic carbocycles. The van der Waals surface area contributed by atoms with Crippen LogP contribution in [0.5, 0.6) is 5.75 Å². The molecule has 1 unspecified atom stereocenters. The van der Waals surface area contributed by atoms with Crippen LogP contribution in [0.4, 0.5) is 5.69 Å². The monoisotopic (exact) mass is 381 g/mol. The van der Waals surface area contributed by atoms with Crippen molar-refractivity contribution in [2.45, 2.75) is 17.8 Å². The number of ether oxygens (including phenoxy) is 1. The Morgan fingerprint density at radius 3 is 2.33 bits per heavy atom. The van der Waals surface area contributed by atoms with Crippen molar-refractivity contribution in [3.63, 3.8) is 0 Å². The Balaban J connectivity index is 1.82. The number of rotatable bonds is 4. The van der Waals surface area contributed by atoms with Crippen molar-refractivity contribution in [3.8, 4) is 5.75 Å². The van der Waals surface area contributed by atoms with Crippen LogP contribution in [-0.2, 0) is 10.0 Å². The number of hydrogen-bond acceptors (Lipinski definition) is 4. The van der Waals surface area contributed by atoms with Crippen LogP contribution in [0.25, 0.3) is 0 Å². The Morgan fingerprint density at radius 1 is 1.00 bits per heavy atom. The second-order valence-electron chi connectivity index (χ2n) is 6.31. The third-order valence-electron chi connectivity index (χ3n) is 4.54. The summed E-state index contributed by atoms with van der Waals surface area (Å²) in [6, 6.07) is 19.3. The average molecular weight is 381 g/mol. The van der Waals surface area contributed by atoms with Crippen molar-refractivity contribution in [1.29, 1.82) is 0 Å². The minimum Gasteiger partial charge on any atom is -0.497 e. The number of nitrogens with zero attached hydrogens (tertiary/aromatic N) is 1. The van der Waals surface area contributed by atoms with E-state index >= 15 is 0 Å². The van der Waals surface area contributed by atoms with Crippen molar-refractivity contribution in [2.24, 2.45) is 0 Å². The van der Waals surface area contributed by atoms with E-state index in [0.717, 1.165) is 9.98 Å². The molecule has 6 heteroatoms. The number of hydrazine groups is 1. The van der Waals surface area contributed by atoms with E-state index in [9.17, 15) is 8.42 Å². The van der Waals surface area contributed by atoms with Crippen LogP contribution in [0.1, 0.15) is 24.1 Å². The first-order valence-electron chi connectivity index (χ1n) is 9.00. The van der Waals surface area contributed by atoms with E-state index in [1.54, 1.807) is 79.9 Å². The van der Waals surface area contributed by atoms with E-state index in [1.165, 1.54) is 0 Å². The summed E-state index contributed by atoms with van der Waals surface area (Å²) in [7, 11) is -2.31. The second kappa shape index (κ2) is 6.72. The second-order valence-corrected chi connectivity index (χ2v) is 8.10. The normalized spacial score (nSPS) is 19.5. The molecule has 1 N–H and O–H groups in total. The van der Waals surface area contributed by atoms with Crippen molar-refractivity contribution in [2.75, 3.05) is 11.5 Å². The van der Waals surface area contributed by atoms with E-state index in [2.05, 4.69) is 5.43 Å². The molecular formula is C21H20N2O3S. The van der Waals surface area contributed by atoms with Crippen molar-refractivity contribution >= 4 is 15.7 Å². The molecule has 0 spiro atoms. The fourth-order valence-corrected chi connectivity index (χ4v) is 4.39. The lowest BCUT2D eigenvalue weighted by Crippen LogP contribution is -2.40. The molecule has 1 heterocycles. The molecule has 1 atom stereocenters. The van der Waals surface area contributed by atoms with Gasteiger partial charge in [-0.3, -0.25) is 0 Å². The molecule has 0 bridgehead atoms. The molecule has 0 aromatic heterocycles. The number of nitrogens with one attached hydrogen (secondary N) is 1. The number of aryl methyl sites for hydroxylation is 1. The highest BCUT2D eigenvalue weighted by Gasteiger charge is 2.36. The molecule has 138 valence electrons. The summed E-state index contributed by atoms with van der Waals surface area (Å²) in [5.41, 5.74) is 5.50. The topological polar surface area (TPSA) is 58.6 Å². The summed E-state index contributed by atoms with van der Waals surface area (Å²) >= 11 is 0. The molecule has 5 nitrogen and oxygen atoms in total. The highest BCUT2D eigenvalue weighted by Crippen LogP contribution is 2.39. The van der Waals surface area contributed by atoms with Crippen LogP contribution in [0.2, 0.25) is 0 Å². The van der Waals surface area contributed by atoms with Gasteiger partial charge in [-0.25, -0.2) is 5.43 Å². The maximum atomic E-state index is 13.3. The quantitative estimate of drug-likeness (QED) is 0.747. The van der Waals surface area contributed by atoms with E-state index in [4.69, 9.17) is 6.11 Å². The Morgan fingerprint density at radius 2 is 1.67 bits per heavy atom. The summed E-state index contributed by atoms with van der Waals surface area (Å²) < 4.78 is 41.9. The zero-order valence-electron chi connectivity index (χ0n) is 16.0. The maximum Gasteiger partial charge on any atom is 0.277 e. The molecule has 4 rings (SSSR count). The predicted octanol–water partition coefficient (Wildman–Crippen LogP) is 3.81. The van der Waals surface area contributed by atoms with Crippen molar-refractivity contribution in [1.82, 2.24) is 5.43 Å². The first kappa shape index (κ1) is 16.4. The summed E-state index contributed by atoms with van der Waals surface area (Å²) in [6.45, 7) is 1.90. The van der Waals surface area contributed by atoms with Crippen LogP contribution in [0, 0.1) is 6.92 Å². The van der Waals surface area contributed by atoms with Crippen molar-refractivity contribution in [3.05, 3.63) is 89.5 Å². The lowest BCUT2D eigenvalue weighted by Gasteiger charge is -2.21. The highest BCUT2D eigenvalue weighted by molar-refractivity contribution is 7.92. The van der Waals surface area contributed by atoms with Gasteiger partial charge in [-0.2, -0.15) is 12.8 Å². The minimum absolute atomic E-state index is 0.166. The minimum atomic E-state index is -3.88. The fraction of sp³-hybridized carbons (Fsp3) is 0.143. The van der Waals surface area contributed by atoms with Gasteiger partial charge in [0.1, 0.15) is 5.75 Å². The van der Waals surface area contributed by atoms with Gasteiger partial charge in [0.2, 0.25) is 0 Å². The fourth-order valence-electron chi connectivity index (χ4n) is 3.07. The van der Waals surface area contributed by atoms with Gasteiger partial charge in [-0.1, -0.05) is 48.0 Å². The largest absolute Gasteiger partial charge is 0.497 e. The van der Waals surface area contributed by atoms with Gasteiger partial charge in [-0.05, 0) is 42.8 Å². The molecule has 0 radical (unpaired) electrons. The summed E-state index contributed by atoms with van der Waals surface area (Å²) in [5, 5.41) is 0. The van der Waals surface area contributed by atoms with Gasteiger partial charge < -0.3 is 4.74 Å². The van der Waals surface area contributed by atoms with Crippen LogP contribution in [-0.4, -0.2) is 15.5 Å².